The molecule has 0 bridgehead atoms. The van der Waals surface area contributed by atoms with Gasteiger partial charge in [0.1, 0.15) is 12.1 Å². The van der Waals surface area contributed by atoms with Crippen molar-refractivity contribution in [2.75, 3.05) is 18.5 Å². The second kappa shape index (κ2) is 6.38. The molecule has 2 heterocycles. The van der Waals surface area contributed by atoms with E-state index in [1.54, 1.807) is 29.1 Å². The lowest BCUT2D eigenvalue weighted by Gasteiger charge is -2.08. The lowest BCUT2D eigenvalue weighted by molar-refractivity contribution is 0.299. The van der Waals surface area contributed by atoms with Crippen LogP contribution in [0.2, 0.25) is 0 Å². The van der Waals surface area contributed by atoms with E-state index in [0.717, 1.165) is 23.3 Å². The first kappa shape index (κ1) is 14.2. The lowest BCUT2D eigenvalue weighted by atomic mass is 10.3. The minimum Gasteiger partial charge on any atom is -0.490 e. The van der Waals surface area contributed by atoms with E-state index in [0.29, 0.717) is 13.2 Å². The molecule has 0 atom stereocenters. The number of aryl methyl sites for hydroxylation is 1. The first-order valence-corrected chi connectivity index (χ1v) is 6.99. The van der Waals surface area contributed by atoms with Crippen molar-refractivity contribution in [1.82, 2.24) is 19.7 Å². The van der Waals surface area contributed by atoms with Crippen molar-refractivity contribution in [2.45, 2.75) is 6.42 Å². The van der Waals surface area contributed by atoms with Crippen LogP contribution >= 0.6 is 0 Å². The summed E-state index contributed by atoms with van der Waals surface area (Å²) < 4.78 is 20.5. The first-order valence-electron chi connectivity index (χ1n) is 6.99. The minimum atomic E-state index is -0.344. The van der Waals surface area contributed by atoms with Crippen LogP contribution in [0.1, 0.15) is 6.42 Å². The summed E-state index contributed by atoms with van der Waals surface area (Å²) in [6.07, 6.45) is 3.95. The molecule has 0 radical (unpaired) electrons. The SMILES string of the molecule is Cn1ncc2c(NCCCOc3ccccc3F)ncnc21. The summed E-state index contributed by atoms with van der Waals surface area (Å²) in [5.41, 5.74) is 0.778. The largest absolute Gasteiger partial charge is 0.490 e. The van der Waals surface area contributed by atoms with Crippen LogP contribution in [-0.2, 0) is 7.05 Å². The van der Waals surface area contributed by atoms with Crippen LogP contribution in [0.4, 0.5) is 10.2 Å². The Hall–Kier alpha value is -2.70. The molecule has 0 fully saturated rings. The maximum absolute atomic E-state index is 13.4. The van der Waals surface area contributed by atoms with Gasteiger partial charge in [-0.05, 0) is 18.6 Å². The highest BCUT2D eigenvalue weighted by Gasteiger charge is 2.07. The van der Waals surface area contributed by atoms with E-state index in [4.69, 9.17) is 4.74 Å². The van der Waals surface area contributed by atoms with Crippen molar-refractivity contribution < 1.29 is 9.13 Å². The van der Waals surface area contributed by atoms with Crippen LogP contribution in [0, 0.1) is 5.82 Å². The van der Waals surface area contributed by atoms with Crippen molar-refractivity contribution in [3.63, 3.8) is 0 Å². The fourth-order valence-electron chi connectivity index (χ4n) is 2.13. The molecule has 3 rings (SSSR count). The molecule has 2 aromatic heterocycles. The molecular weight excluding hydrogens is 285 g/mol. The summed E-state index contributed by atoms with van der Waals surface area (Å²) in [5.74, 6) is 0.673. The number of anilines is 1. The third-order valence-electron chi connectivity index (χ3n) is 3.24. The Labute approximate surface area is 127 Å². The molecule has 0 saturated carbocycles. The zero-order chi connectivity index (χ0) is 15.4. The van der Waals surface area contributed by atoms with E-state index in [-0.39, 0.29) is 11.6 Å². The van der Waals surface area contributed by atoms with Gasteiger partial charge in [0.05, 0.1) is 18.2 Å². The van der Waals surface area contributed by atoms with E-state index in [1.165, 1.54) is 12.4 Å². The fraction of sp³-hybridized carbons (Fsp3) is 0.267. The Kier molecular flexibility index (Phi) is 4.13. The summed E-state index contributed by atoms with van der Waals surface area (Å²) in [6.45, 7) is 1.09. The van der Waals surface area contributed by atoms with Crippen LogP contribution in [0.25, 0.3) is 11.0 Å². The van der Waals surface area contributed by atoms with Gasteiger partial charge in [0.25, 0.3) is 0 Å². The number of hydrogen-bond donors (Lipinski definition) is 1. The molecule has 0 unspecified atom stereocenters. The molecule has 0 aliphatic heterocycles. The summed E-state index contributed by atoms with van der Waals surface area (Å²) >= 11 is 0. The first-order chi connectivity index (χ1) is 10.8. The third-order valence-corrected chi connectivity index (χ3v) is 3.24. The van der Waals surface area contributed by atoms with Gasteiger partial charge in [-0.1, -0.05) is 12.1 Å². The zero-order valence-corrected chi connectivity index (χ0v) is 12.2. The smallest absolute Gasteiger partial charge is 0.165 e. The van der Waals surface area contributed by atoms with E-state index in [2.05, 4.69) is 20.4 Å². The number of nitrogens with zero attached hydrogens (tertiary/aromatic N) is 4. The Bertz CT molecular complexity index is 773. The van der Waals surface area contributed by atoms with Crippen LogP contribution in [0.5, 0.6) is 5.75 Å². The van der Waals surface area contributed by atoms with Crippen molar-refractivity contribution >= 4 is 16.9 Å². The highest BCUT2D eigenvalue weighted by molar-refractivity contribution is 5.85. The fourth-order valence-corrected chi connectivity index (χ4v) is 2.13. The Balaban J connectivity index is 1.52. The van der Waals surface area contributed by atoms with Crippen molar-refractivity contribution in [2.24, 2.45) is 7.05 Å². The lowest BCUT2D eigenvalue weighted by Crippen LogP contribution is -2.09. The number of para-hydroxylation sites is 1. The van der Waals surface area contributed by atoms with Crippen LogP contribution in [0.3, 0.4) is 0 Å². The molecule has 0 spiro atoms. The maximum Gasteiger partial charge on any atom is 0.165 e. The molecule has 0 aliphatic rings. The van der Waals surface area contributed by atoms with Gasteiger partial charge in [-0.2, -0.15) is 5.10 Å². The topological polar surface area (TPSA) is 64.9 Å². The molecule has 0 aliphatic carbocycles. The summed E-state index contributed by atoms with van der Waals surface area (Å²) in [4.78, 5) is 8.39. The standard InChI is InChI=1S/C15H16FN5O/c1-21-15-11(9-20-21)14(18-10-19-15)17-7-4-8-22-13-6-3-2-5-12(13)16/h2-3,5-6,9-10H,4,7-8H2,1H3,(H,17,18,19). The molecule has 3 aromatic rings. The average molecular weight is 301 g/mol. The van der Waals surface area contributed by atoms with E-state index >= 15 is 0 Å². The quantitative estimate of drug-likeness (QED) is 0.708. The van der Waals surface area contributed by atoms with Crippen molar-refractivity contribution in [1.29, 1.82) is 0 Å². The summed E-state index contributed by atoms with van der Waals surface area (Å²) in [6, 6.07) is 6.38. The number of rotatable bonds is 6. The number of halogens is 1. The summed E-state index contributed by atoms with van der Waals surface area (Å²) in [5, 5.41) is 8.26. The van der Waals surface area contributed by atoms with Gasteiger partial charge >= 0.3 is 0 Å². The maximum atomic E-state index is 13.4. The third kappa shape index (κ3) is 2.98. The number of nitrogens with one attached hydrogen (secondary N) is 1. The van der Waals surface area contributed by atoms with Gasteiger partial charge in [0, 0.05) is 13.6 Å². The molecule has 0 saturated heterocycles. The van der Waals surface area contributed by atoms with Crippen LogP contribution < -0.4 is 10.1 Å². The molecule has 22 heavy (non-hydrogen) atoms. The highest BCUT2D eigenvalue weighted by Crippen LogP contribution is 2.18. The predicted molar refractivity (Wildman–Crippen MR) is 81.3 cm³/mol. The molecule has 1 aromatic carbocycles. The predicted octanol–water partition coefficient (Wildman–Crippen LogP) is 2.38. The Morgan fingerprint density at radius 2 is 2.14 bits per heavy atom. The molecule has 6 nitrogen and oxygen atoms in total. The molecular formula is C15H16FN5O. The van der Waals surface area contributed by atoms with Crippen molar-refractivity contribution in [3.8, 4) is 5.75 Å². The number of hydrogen-bond acceptors (Lipinski definition) is 5. The number of benzene rings is 1. The second-order valence-electron chi connectivity index (χ2n) is 4.79. The van der Waals surface area contributed by atoms with Gasteiger partial charge in [-0.3, -0.25) is 4.68 Å². The second-order valence-corrected chi connectivity index (χ2v) is 4.79. The van der Waals surface area contributed by atoms with Gasteiger partial charge < -0.3 is 10.1 Å². The molecule has 1 N–H and O–H groups in total. The van der Waals surface area contributed by atoms with Gasteiger partial charge in [0.15, 0.2) is 17.2 Å². The van der Waals surface area contributed by atoms with E-state index in [9.17, 15) is 4.39 Å². The number of aromatic nitrogens is 4. The highest BCUT2D eigenvalue weighted by atomic mass is 19.1. The van der Waals surface area contributed by atoms with Crippen molar-refractivity contribution in [3.05, 3.63) is 42.6 Å². The van der Waals surface area contributed by atoms with Crippen LogP contribution in [0.15, 0.2) is 36.8 Å². The Morgan fingerprint density at radius 3 is 3.00 bits per heavy atom. The Morgan fingerprint density at radius 1 is 1.27 bits per heavy atom. The monoisotopic (exact) mass is 301 g/mol. The molecule has 7 heteroatoms. The average Bonchev–Trinajstić information content (AvgIpc) is 2.91. The van der Waals surface area contributed by atoms with E-state index < -0.39 is 0 Å². The van der Waals surface area contributed by atoms with Gasteiger partial charge in [-0.15, -0.1) is 0 Å². The number of ether oxygens (including phenoxy) is 1. The summed E-state index contributed by atoms with van der Waals surface area (Å²) in [7, 11) is 1.83. The normalized spacial score (nSPS) is 10.8. The minimum absolute atomic E-state index is 0.277. The van der Waals surface area contributed by atoms with Gasteiger partial charge in [-0.25, -0.2) is 14.4 Å². The van der Waals surface area contributed by atoms with E-state index in [1.807, 2.05) is 7.05 Å². The zero-order valence-electron chi connectivity index (χ0n) is 12.2. The molecule has 0 amide bonds. The van der Waals surface area contributed by atoms with Gasteiger partial charge in [0.2, 0.25) is 0 Å². The van der Waals surface area contributed by atoms with Crippen LogP contribution in [-0.4, -0.2) is 32.9 Å². The molecule has 114 valence electrons. The number of fused-ring (bicyclic) bond motifs is 1.